The molecule has 0 aromatic carbocycles. The zero-order chi connectivity index (χ0) is 11.8. The average Bonchev–Trinajstić information content (AvgIpc) is 2.15. The second-order valence-corrected chi connectivity index (χ2v) is 3.43. The van der Waals surface area contributed by atoms with Gasteiger partial charge < -0.3 is 20.7 Å². The van der Waals surface area contributed by atoms with Crippen molar-refractivity contribution >= 4 is 11.8 Å². The summed E-state index contributed by atoms with van der Waals surface area (Å²) in [6, 6.07) is -0.253. The molecule has 0 bridgehead atoms. The van der Waals surface area contributed by atoms with Crippen molar-refractivity contribution in [2.24, 2.45) is 5.73 Å². The number of primary amides is 1. The van der Waals surface area contributed by atoms with Crippen LogP contribution in [0, 0.1) is 0 Å². The molecule has 0 aliphatic heterocycles. The third kappa shape index (κ3) is 6.87. The van der Waals surface area contributed by atoms with E-state index < -0.39 is 5.91 Å². The number of ether oxygens (including phenoxy) is 1. The van der Waals surface area contributed by atoms with Crippen molar-refractivity contribution in [3.8, 4) is 0 Å². The summed E-state index contributed by atoms with van der Waals surface area (Å²) in [6.07, 6.45) is 0. The number of carbonyl (C=O) groups is 2. The number of rotatable bonds is 7. The highest BCUT2D eigenvalue weighted by molar-refractivity contribution is 5.80. The Morgan fingerprint density at radius 1 is 1.47 bits per heavy atom. The van der Waals surface area contributed by atoms with Gasteiger partial charge in [0.25, 0.3) is 0 Å². The highest BCUT2D eigenvalue weighted by Gasteiger charge is 2.12. The third-order valence-electron chi connectivity index (χ3n) is 1.75. The SMILES string of the molecule is CC(NCCOCC(N)=O)C(=O)N(C)C. The van der Waals surface area contributed by atoms with Crippen LogP contribution in [0.2, 0.25) is 0 Å². The topological polar surface area (TPSA) is 84.7 Å². The summed E-state index contributed by atoms with van der Waals surface area (Å²) in [5.41, 5.74) is 4.88. The molecule has 0 aromatic heterocycles. The van der Waals surface area contributed by atoms with Crippen LogP contribution in [0.15, 0.2) is 0 Å². The Bertz CT molecular complexity index is 219. The second-order valence-electron chi connectivity index (χ2n) is 3.43. The maximum atomic E-state index is 11.4. The van der Waals surface area contributed by atoms with Crippen molar-refractivity contribution in [1.29, 1.82) is 0 Å². The van der Waals surface area contributed by atoms with Gasteiger partial charge in [0, 0.05) is 20.6 Å². The first-order chi connectivity index (χ1) is 6.95. The van der Waals surface area contributed by atoms with E-state index in [-0.39, 0.29) is 18.6 Å². The minimum atomic E-state index is -0.493. The van der Waals surface area contributed by atoms with E-state index in [4.69, 9.17) is 10.5 Å². The molecule has 0 aliphatic carbocycles. The van der Waals surface area contributed by atoms with E-state index in [2.05, 4.69) is 5.32 Å². The van der Waals surface area contributed by atoms with E-state index >= 15 is 0 Å². The maximum absolute atomic E-state index is 11.4. The van der Waals surface area contributed by atoms with Gasteiger partial charge in [0.05, 0.1) is 12.6 Å². The smallest absolute Gasteiger partial charge is 0.243 e. The fourth-order valence-corrected chi connectivity index (χ4v) is 0.995. The third-order valence-corrected chi connectivity index (χ3v) is 1.75. The number of hydrogen-bond acceptors (Lipinski definition) is 4. The Morgan fingerprint density at radius 3 is 2.53 bits per heavy atom. The quantitative estimate of drug-likeness (QED) is 0.511. The predicted octanol–water partition coefficient (Wildman–Crippen LogP) is -1.45. The van der Waals surface area contributed by atoms with Gasteiger partial charge in [0.2, 0.25) is 11.8 Å². The molecule has 0 fully saturated rings. The van der Waals surface area contributed by atoms with Crippen molar-refractivity contribution in [3.05, 3.63) is 0 Å². The fourth-order valence-electron chi connectivity index (χ4n) is 0.995. The first-order valence-corrected chi connectivity index (χ1v) is 4.75. The molecule has 2 amide bonds. The van der Waals surface area contributed by atoms with Gasteiger partial charge in [0.15, 0.2) is 0 Å². The molecule has 1 atom stereocenters. The van der Waals surface area contributed by atoms with Crippen molar-refractivity contribution in [1.82, 2.24) is 10.2 Å². The zero-order valence-electron chi connectivity index (χ0n) is 9.45. The van der Waals surface area contributed by atoms with Crippen molar-refractivity contribution in [3.63, 3.8) is 0 Å². The molecule has 0 aromatic rings. The van der Waals surface area contributed by atoms with Crippen molar-refractivity contribution in [2.45, 2.75) is 13.0 Å². The molecule has 0 aliphatic rings. The summed E-state index contributed by atoms with van der Waals surface area (Å²) in [5.74, 6) is -0.489. The van der Waals surface area contributed by atoms with E-state index in [1.165, 1.54) is 4.90 Å². The van der Waals surface area contributed by atoms with Crippen LogP contribution in [-0.4, -0.2) is 56.6 Å². The molecule has 1 unspecified atom stereocenters. The lowest BCUT2D eigenvalue weighted by Crippen LogP contribution is -2.42. The highest BCUT2D eigenvalue weighted by Crippen LogP contribution is 1.87. The van der Waals surface area contributed by atoms with Gasteiger partial charge in [-0.05, 0) is 6.92 Å². The van der Waals surface area contributed by atoms with Gasteiger partial charge in [-0.3, -0.25) is 9.59 Å². The maximum Gasteiger partial charge on any atom is 0.243 e. The van der Waals surface area contributed by atoms with Crippen LogP contribution in [0.1, 0.15) is 6.92 Å². The Labute approximate surface area is 89.7 Å². The molecule has 88 valence electrons. The molecule has 15 heavy (non-hydrogen) atoms. The summed E-state index contributed by atoms with van der Waals surface area (Å²) >= 11 is 0. The van der Waals surface area contributed by atoms with E-state index in [9.17, 15) is 9.59 Å². The lowest BCUT2D eigenvalue weighted by molar-refractivity contribution is -0.130. The van der Waals surface area contributed by atoms with Crippen LogP contribution in [0.25, 0.3) is 0 Å². The van der Waals surface area contributed by atoms with Gasteiger partial charge in [-0.2, -0.15) is 0 Å². The molecular formula is C9H19N3O3. The molecule has 0 rings (SSSR count). The van der Waals surface area contributed by atoms with Crippen molar-refractivity contribution in [2.75, 3.05) is 33.9 Å². The van der Waals surface area contributed by atoms with Gasteiger partial charge in [-0.1, -0.05) is 0 Å². The zero-order valence-corrected chi connectivity index (χ0v) is 9.45. The minimum Gasteiger partial charge on any atom is -0.370 e. The Balaban J connectivity index is 3.51. The van der Waals surface area contributed by atoms with Crippen LogP contribution in [-0.2, 0) is 14.3 Å². The van der Waals surface area contributed by atoms with Gasteiger partial charge in [-0.15, -0.1) is 0 Å². The van der Waals surface area contributed by atoms with Crippen LogP contribution in [0.4, 0.5) is 0 Å². The Hall–Kier alpha value is -1.14. The van der Waals surface area contributed by atoms with Crippen molar-refractivity contribution < 1.29 is 14.3 Å². The van der Waals surface area contributed by atoms with Crippen LogP contribution in [0.5, 0.6) is 0 Å². The fraction of sp³-hybridized carbons (Fsp3) is 0.778. The Kier molecular flexibility index (Phi) is 6.64. The molecule has 0 saturated heterocycles. The molecular weight excluding hydrogens is 198 g/mol. The van der Waals surface area contributed by atoms with E-state index in [1.54, 1.807) is 21.0 Å². The summed E-state index contributed by atoms with van der Waals surface area (Å²) in [4.78, 5) is 23.2. The molecule has 0 heterocycles. The molecule has 0 radical (unpaired) electrons. The predicted molar refractivity (Wildman–Crippen MR) is 56.2 cm³/mol. The lowest BCUT2D eigenvalue weighted by Gasteiger charge is -2.17. The van der Waals surface area contributed by atoms with E-state index in [1.807, 2.05) is 0 Å². The number of likely N-dealkylation sites (N-methyl/N-ethyl adjacent to an activating group) is 1. The first kappa shape index (κ1) is 13.9. The first-order valence-electron chi connectivity index (χ1n) is 4.75. The van der Waals surface area contributed by atoms with E-state index in [0.717, 1.165) is 0 Å². The monoisotopic (exact) mass is 217 g/mol. The number of carbonyl (C=O) groups excluding carboxylic acids is 2. The molecule has 6 heteroatoms. The Morgan fingerprint density at radius 2 is 2.07 bits per heavy atom. The summed E-state index contributed by atoms with van der Waals surface area (Å²) < 4.78 is 4.92. The number of nitrogens with zero attached hydrogens (tertiary/aromatic N) is 1. The van der Waals surface area contributed by atoms with E-state index in [0.29, 0.717) is 13.2 Å². The minimum absolute atomic E-state index is 0.00454. The summed E-state index contributed by atoms with van der Waals surface area (Å²) in [7, 11) is 3.40. The number of amides is 2. The number of nitrogens with one attached hydrogen (secondary N) is 1. The van der Waals surface area contributed by atoms with Gasteiger partial charge in [0.1, 0.15) is 6.61 Å². The standard InChI is InChI=1S/C9H19N3O3/c1-7(9(14)12(2)3)11-4-5-15-6-8(10)13/h7,11H,4-6H2,1-3H3,(H2,10,13). The van der Waals surface area contributed by atoms with Crippen LogP contribution >= 0.6 is 0 Å². The van der Waals surface area contributed by atoms with Crippen LogP contribution < -0.4 is 11.1 Å². The number of nitrogens with two attached hydrogens (primary N) is 1. The largest absolute Gasteiger partial charge is 0.370 e. The number of hydrogen-bond donors (Lipinski definition) is 2. The van der Waals surface area contributed by atoms with Gasteiger partial charge in [-0.25, -0.2) is 0 Å². The molecule has 0 spiro atoms. The normalized spacial score (nSPS) is 12.2. The summed E-state index contributed by atoms with van der Waals surface area (Å²) in [6.45, 7) is 2.55. The highest BCUT2D eigenvalue weighted by atomic mass is 16.5. The van der Waals surface area contributed by atoms with Gasteiger partial charge >= 0.3 is 0 Å². The second kappa shape index (κ2) is 7.19. The average molecular weight is 217 g/mol. The lowest BCUT2D eigenvalue weighted by atomic mass is 10.3. The summed E-state index contributed by atoms with van der Waals surface area (Å²) in [5, 5.41) is 2.97. The molecule has 6 nitrogen and oxygen atoms in total. The molecule has 0 saturated carbocycles. The van der Waals surface area contributed by atoms with Crippen LogP contribution in [0.3, 0.4) is 0 Å². The molecule has 3 N–H and O–H groups in total.